The second-order valence-electron chi connectivity index (χ2n) is 5.57. The molecule has 1 amide bonds. The molecule has 1 saturated heterocycles. The smallest absolute Gasteiger partial charge is 0.316 e. The van der Waals surface area contributed by atoms with Crippen LogP contribution < -0.4 is 15.0 Å². The van der Waals surface area contributed by atoms with Gasteiger partial charge >= 0.3 is 6.01 Å². The van der Waals surface area contributed by atoms with Crippen LogP contribution in [0.4, 0.5) is 5.82 Å². The fourth-order valence-electron chi connectivity index (χ4n) is 2.52. The molecule has 0 aliphatic carbocycles. The van der Waals surface area contributed by atoms with E-state index < -0.39 is 0 Å². The summed E-state index contributed by atoms with van der Waals surface area (Å²) in [5.74, 6) is 1.26. The Morgan fingerprint density at radius 3 is 2.75 bits per heavy atom. The number of ether oxygens (including phenoxy) is 1. The number of nitrogens with zero attached hydrogens (tertiary/aromatic N) is 5. The quantitative estimate of drug-likeness (QED) is 0.841. The van der Waals surface area contributed by atoms with E-state index in [1.165, 1.54) is 12.8 Å². The third-order valence-corrected chi connectivity index (χ3v) is 3.64. The second kappa shape index (κ2) is 7.67. The van der Waals surface area contributed by atoms with Crippen molar-refractivity contribution in [3.8, 4) is 6.01 Å². The zero-order valence-electron chi connectivity index (χ0n) is 13.6. The van der Waals surface area contributed by atoms with Gasteiger partial charge in [0.25, 0.3) is 5.91 Å². The van der Waals surface area contributed by atoms with Gasteiger partial charge in [-0.05, 0) is 25.8 Å². The Labute approximate surface area is 140 Å². The largest absolute Gasteiger partial charge is 0.453 e. The predicted molar refractivity (Wildman–Crippen MR) is 87.6 cm³/mol. The summed E-state index contributed by atoms with van der Waals surface area (Å²) in [4.78, 5) is 30.8. The summed E-state index contributed by atoms with van der Waals surface area (Å²) in [7, 11) is 0. The lowest BCUT2D eigenvalue weighted by Crippen LogP contribution is -2.30. The van der Waals surface area contributed by atoms with Gasteiger partial charge in [0.1, 0.15) is 11.6 Å². The molecule has 126 valence electrons. The summed E-state index contributed by atoms with van der Waals surface area (Å²) in [5.41, 5.74) is 0.894. The number of carbonyl (C=O) groups is 1. The average Bonchev–Trinajstić information content (AvgIpc) is 3.13. The van der Waals surface area contributed by atoms with Crippen LogP contribution >= 0.6 is 0 Å². The first-order valence-electron chi connectivity index (χ1n) is 7.97. The van der Waals surface area contributed by atoms with Crippen LogP contribution in [0.1, 0.15) is 24.4 Å². The third kappa shape index (κ3) is 4.37. The molecule has 3 rings (SSSR count). The van der Waals surface area contributed by atoms with Crippen LogP contribution in [-0.4, -0.2) is 45.5 Å². The number of hydrogen-bond acceptors (Lipinski definition) is 7. The van der Waals surface area contributed by atoms with Gasteiger partial charge in [-0.15, -0.1) is 0 Å². The van der Waals surface area contributed by atoms with Gasteiger partial charge < -0.3 is 15.0 Å². The molecule has 3 heterocycles. The van der Waals surface area contributed by atoms with Crippen LogP contribution in [0.2, 0.25) is 0 Å². The molecule has 0 saturated carbocycles. The monoisotopic (exact) mass is 328 g/mol. The predicted octanol–water partition coefficient (Wildman–Crippen LogP) is 0.870. The van der Waals surface area contributed by atoms with Crippen LogP contribution in [0.15, 0.2) is 24.5 Å². The number of carbonyl (C=O) groups excluding carboxylic acids is 1. The minimum atomic E-state index is -0.268. The summed E-state index contributed by atoms with van der Waals surface area (Å²) in [6.45, 7) is 4.10. The molecule has 0 aromatic carbocycles. The highest BCUT2D eigenvalue weighted by Crippen LogP contribution is 2.18. The van der Waals surface area contributed by atoms with Gasteiger partial charge in [-0.2, -0.15) is 0 Å². The Kier molecular flexibility index (Phi) is 5.15. The topological polar surface area (TPSA) is 93.1 Å². The van der Waals surface area contributed by atoms with Crippen molar-refractivity contribution < 1.29 is 9.53 Å². The van der Waals surface area contributed by atoms with Gasteiger partial charge in [0.2, 0.25) is 0 Å². The Morgan fingerprint density at radius 1 is 1.25 bits per heavy atom. The SMILES string of the molecule is Cc1cc(N2CCCC2)nc(CNC(=O)COc2ncccn2)n1. The molecule has 1 N–H and O–H groups in total. The molecule has 0 atom stereocenters. The Morgan fingerprint density at radius 2 is 2.00 bits per heavy atom. The van der Waals surface area contributed by atoms with Crippen LogP contribution in [0.3, 0.4) is 0 Å². The maximum atomic E-state index is 11.9. The lowest BCUT2D eigenvalue weighted by atomic mass is 10.4. The Balaban J connectivity index is 1.53. The van der Waals surface area contributed by atoms with Crippen molar-refractivity contribution in [1.82, 2.24) is 25.3 Å². The molecule has 1 aliphatic heterocycles. The maximum absolute atomic E-state index is 11.9. The molecule has 0 spiro atoms. The molecular formula is C16H20N6O2. The van der Waals surface area contributed by atoms with Gasteiger partial charge in [0.05, 0.1) is 6.54 Å². The van der Waals surface area contributed by atoms with Gasteiger partial charge in [0, 0.05) is 37.2 Å². The summed E-state index contributed by atoms with van der Waals surface area (Å²) in [5, 5.41) is 2.75. The van der Waals surface area contributed by atoms with E-state index in [0.717, 1.165) is 24.6 Å². The lowest BCUT2D eigenvalue weighted by Gasteiger charge is -2.17. The number of anilines is 1. The van der Waals surface area contributed by atoms with Crippen molar-refractivity contribution >= 4 is 11.7 Å². The highest BCUT2D eigenvalue weighted by atomic mass is 16.5. The van der Waals surface area contributed by atoms with Gasteiger partial charge in [-0.25, -0.2) is 19.9 Å². The first-order chi connectivity index (χ1) is 11.7. The van der Waals surface area contributed by atoms with E-state index in [1.807, 2.05) is 13.0 Å². The summed E-state index contributed by atoms with van der Waals surface area (Å²) >= 11 is 0. The molecule has 1 fully saturated rings. The summed E-state index contributed by atoms with van der Waals surface area (Å²) in [6, 6.07) is 3.84. The normalized spacial score (nSPS) is 13.8. The van der Waals surface area contributed by atoms with Crippen molar-refractivity contribution in [2.24, 2.45) is 0 Å². The van der Waals surface area contributed by atoms with Gasteiger partial charge in [-0.3, -0.25) is 4.79 Å². The maximum Gasteiger partial charge on any atom is 0.316 e. The first kappa shape index (κ1) is 16.1. The average molecular weight is 328 g/mol. The van der Waals surface area contributed by atoms with Crippen molar-refractivity contribution in [1.29, 1.82) is 0 Å². The molecular weight excluding hydrogens is 308 g/mol. The van der Waals surface area contributed by atoms with Crippen molar-refractivity contribution in [3.63, 3.8) is 0 Å². The molecule has 2 aromatic rings. The van der Waals surface area contributed by atoms with E-state index >= 15 is 0 Å². The zero-order chi connectivity index (χ0) is 16.8. The van der Waals surface area contributed by atoms with E-state index in [4.69, 9.17) is 4.74 Å². The van der Waals surface area contributed by atoms with Crippen LogP contribution in [0.5, 0.6) is 6.01 Å². The van der Waals surface area contributed by atoms with Crippen molar-refractivity contribution in [2.45, 2.75) is 26.3 Å². The minimum Gasteiger partial charge on any atom is -0.453 e. The minimum absolute atomic E-state index is 0.144. The van der Waals surface area contributed by atoms with Crippen molar-refractivity contribution in [3.05, 3.63) is 36.0 Å². The number of rotatable bonds is 6. The molecule has 2 aromatic heterocycles. The van der Waals surface area contributed by atoms with Crippen molar-refractivity contribution in [2.75, 3.05) is 24.6 Å². The molecule has 0 unspecified atom stereocenters. The highest BCUT2D eigenvalue weighted by Gasteiger charge is 2.15. The molecule has 0 bridgehead atoms. The molecule has 0 radical (unpaired) electrons. The first-order valence-corrected chi connectivity index (χ1v) is 7.97. The molecule has 8 heteroatoms. The fourth-order valence-corrected chi connectivity index (χ4v) is 2.52. The number of amides is 1. The Hall–Kier alpha value is -2.77. The highest BCUT2D eigenvalue weighted by molar-refractivity contribution is 5.77. The van der Waals surface area contributed by atoms with E-state index in [9.17, 15) is 4.79 Å². The number of aryl methyl sites for hydroxylation is 1. The second-order valence-corrected chi connectivity index (χ2v) is 5.57. The van der Waals surface area contributed by atoms with Crippen LogP contribution in [-0.2, 0) is 11.3 Å². The number of hydrogen-bond donors (Lipinski definition) is 1. The Bertz CT molecular complexity index is 688. The van der Waals surface area contributed by atoms with Crippen LogP contribution in [0, 0.1) is 6.92 Å². The summed E-state index contributed by atoms with van der Waals surface area (Å²) < 4.78 is 5.20. The van der Waals surface area contributed by atoms with E-state index in [0.29, 0.717) is 5.82 Å². The number of aromatic nitrogens is 4. The molecule has 1 aliphatic rings. The lowest BCUT2D eigenvalue weighted by molar-refractivity contribution is -0.123. The fraction of sp³-hybridized carbons (Fsp3) is 0.438. The zero-order valence-corrected chi connectivity index (χ0v) is 13.6. The third-order valence-electron chi connectivity index (χ3n) is 3.64. The van der Waals surface area contributed by atoms with Crippen LogP contribution in [0.25, 0.3) is 0 Å². The van der Waals surface area contributed by atoms with E-state index in [-0.39, 0.29) is 25.1 Å². The van der Waals surface area contributed by atoms with E-state index in [1.54, 1.807) is 18.5 Å². The molecule has 24 heavy (non-hydrogen) atoms. The standard InChI is InChI=1S/C16H20N6O2/c1-12-9-14(22-7-2-3-8-22)21-13(20-12)10-19-15(23)11-24-16-17-5-4-6-18-16/h4-6,9H,2-3,7-8,10-11H2,1H3,(H,19,23). The van der Waals surface area contributed by atoms with Gasteiger partial charge in [0.15, 0.2) is 6.61 Å². The number of nitrogens with one attached hydrogen (secondary N) is 1. The van der Waals surface area contributed by atoms with E-state index in [2.05, 4.69) is 30.2 Å². The van der Waals surface area contributed by atoms with Gasteiger partial charge in [-0.1, -0.05) is 0 Å². The summed E-state index contributed by atoms with van der Waals surface area (Å²) in [6.07, 6.45) is 5.49. The molecule has 8 nitrogen and oxygen atoms in total.